The van der Waals surface area contributed by atoms with Gasteiger partial charge in [0, 0.05) is 33.7 Å². The van der Waals surface area contributed by atoms with E-state index in [1.54, 1.807) is 50.4 Å². The van der Waals surface area contributed by atoms with Crippen LogP contribution >= 0.6 is 27.7 Å². The minimum absolute atomic E-state index is 0.0279. The van der Waals surface area contributed by atoms with Crippen molar-refractivity contribution < 1.29 is 23.8 Å². The number of methoxy groups -OCH3 is 1. The van der Waals surface area contributed by atoms with Gasteiger partial charge in [-0.05, 0) is 73.2 Å². The molecule has 1 N–H and O–H groups in total. The molecule has 0 amide bonds. The Balaban J connectivity index is 1.57. The quantitative estimate of drug-likeness (QED) is 0.217. The number of halogens is 2. The van der Waals surface area contributed by atoms with Gasteiger partial charge in [-0.15, -0.1) is 0 Å². The molecule has 4 aromatic rings. The molecule has 1 aromatic heterocycles. The summed E-state index contributed by atoms with van der Waals surface area (Å²) in [4.78, 5) is 17.9. The minimum atomic E-state index is -0.639. The summed E-state index contributed by atoms with van der Waals surface area (Å²) in [6.45, 7) is 2.41. The zero-order valence-electron chi connectivity index (χ0n) is 21.2. The van der Waals surface area contributed by atoms with Crippen LogP contribution in [0, 0.1) is 5.82 Å². The van der Waals surface area contributed by atoms with E-state index in [1.165, 1.54) is 23.9 Å². The van der Waals surface area contributed by atoms with E-state index in [1.807, 2.05) is 30.5 Å². The maximum absolute atomic E-state index is 13.4. The van der Waals surface area contributed by atoms with Gasteiger partial charge in [-0.2, -0.15) is 0 Å². The lowest BCUT2D eigenvalue weighted by Crippen LogP contribution is -2.12. The van der Waals surface area contributed by atoms with Gasteiger partial charge in [0.05, 0.1) is 24.3 Å². The fourth-order valence-electron chi connectivity index (χ4n) is 4.24. The molecule has 2 heterocycles. The number of nitrogens with zero attached hydrogens (tertiary/aromatic N) is 2. The summed E-state index contributed by atoms with van der Waals surface area (Å²) >= 11 is 4.75. The molecule has 0 unspecified atom stereocenters. The molecule has 1 aliphatic heterocycles. The number of carbonyl (C=O) groups excluding carboxylic acids is 1. The van der Waals surface area contributed by atoms with Crippen molar-refractivity contribution in [2.45, 2.75) is 13.5 Å². The number of hydrogen-bond donors (Lipinski definition) is 1. The van der Waals surface area contributed by atoms with Gasteiger partial charge in [-0.3, -0.25) is 0 Å². The van der Waals surface area contributed by atoms with E-state index >= 15 is 0 Å². The van der Waals surface area contributed by atoms with Crippen LogP contribution in [0.3, 0.4) is 0 Å². The Morgan fingerprint density at radius 3 is 2.56 bits per heavy atom. The van der Waals surface area contributed by atoms with Crippen molar-refractivity contribution in [1.82, 2.24) is 4.57 Å². The number of thioether (sulfide) groups is 1. The highest BCUT2D eigenvalue weighted by molar-refractivity contribution is 9.10. The molecule has 198 valence electrons. The number of rotatable bonds is 7. The van der Waals surface area contributed by atoms with Gasteiger partial charge >= 0.3 is 5.97 Å². The Morgan fingerprint density at radius 2 is 1.87 bits per heavy atom. The van der Waals surface area contributed by atoms with Crippen LogP contribution in [0.25, 0.3) is 17.0 Å². The number of fused-ring (bicyclic) bond motifs is 1. The fourth-order valence-corrected chi connectivity index (χ4v) is 5.62. The van der Waals surface area contributed by atoms with E-state index in [4.69, 9.17) is 9.47 Å². The van der Waals surface area contributed by atoms with Crippen LogP contribution in [-0.4, -0.2) is 34.4 Å². The highest BCUT2D eigenvalue weighted by atomic mass is 79.9. The summed E-state index contributed by atoms with van der Waals surface area (Å²) < 4.78 is 26.8. The Bertz CT molecular complexity index is 1640. The summed E-state index contributed by atoms with van der Waals surface area (Å²) in [6.07, 6.45) is 3.82. The molecular formula is C30H24BrFN2O4S. The third kappa shape index (κ3) is 5.79. The predicted octanol–water partition coefficient (Wildman–Crippen LogP) is 7.79. The lowest BCUT2D eigenvalue weighted by Gasteiger charge is -2.05. The molecule has 5 rings (SSSR count). The number of aromatic nitrogens is 1. The lowest BCUT2D eigenvalue weighted by molar-refractivity contribution is -0.138. The second-order valence-corrected chi connectivity index (χ2v) is 10.6. The number of ether oxygens (including phenoxy) is 2. The first-order chi connectivity index (χ1) is 18.9. The molecule has 0 aliphatic carbocycles. The number of aliphatic imine (C=N–C) groups is 1. The summed E-state index contributed by atoms with van der Waals surface area (Å²) in [7, 11) is 1.58. The van der Waals surface area contributed by atoms with Gasteiger partial charge < -0.3 is 19.1 Å². The van der Waals surface area contributed by atoms with Gasteiger partial charge in [-0.1, -0.05) is 39.8 Å². The monoisotopic (exact) mass is 606 g/mol. The molecule has 1 aliphatic rings. The number of esters is 1. The van der Waals surface area contributed by atoms with Crippen LogP contribution in [0.4, 0.5) is 10.1 Å². The zero-order chi connectivity index (χ0) is 27.5. The number of aliphatic hydroxyl groups is 1. The summed E-state index contributed by atoms with van der Waals surface area (Å²) in [5.74, 6) is -0.416. The highest BCUT2D eigenvalue weighted by Crippen LogP contribution is 2.41. The second-order valence-electron chi connectivity index (χ2n) is 8.67. The second kappa shape index (κ2) is 11.5. The third-order valence-corrected chi connectivity index (χ3v) is 7.61. The summed E-state index contributed by atoms with van der Waals surface area (Å²) in [5, 5.41) is 12.5. The first-order valence-corrected chi connectivity index (χ1v) is 13.7. The SMILES string of the molecule is CCOC(=O)C1=C(O)/C(=C/c2cn(Cc3ccc(F)cc3)c3ccc(Br)cc23)SC1=Nc1ccc(OC)cc1. The molecule has 6 nitrogen and oxygen atoms in total. The van der Waals surface area contributed by atoms with Crippen LogP contribution in [0.5, 0.6) is 5.75 Å². The van der Waals surface area contributed by atoms with Crippen LogP contribution in [0.2, 0.25) is 0 Å². The van der Waals surface area contributed by atoms with Gasteiger partial charge in [0.1, 0.15) is 27.9 Å². The fraction of sp³-hybridized carbons (Fsp3) is 0.133. The van der Waals surface area contributed by atoms with E-state index in [0.29, 0.717) is 27.9 Å². The number of aliphatic hydroxyl groups excluding tert-OH is 1. The first-order valence-electron chi connectivity index (χ1n) is 12.1. The normalized spacial score (nSPS) is 15.5. The van der Waals surface area contributed by atoms with Crippen molar-refractivity contribution in [3.8, 4) is 5.75 Å². The lowest BCUT2D eigenvalue weighted by atomic mass is 10.1. The molecule has 3 aromatic carbocycles. The third-order valence-electron chi connectivity index (χ3n) is 6.10. The standard InChI is InChI=1S/C30H24BrFN2O4S/c1-3-38-30(36)27-28(35)26(39-29(27)33-22-9-11-23(37-2)12-10-22)14-19-17-34(16-18-4-7-21(32)8-5-18)25-13-6-20(31)15-24(19)25/h4-15,17,35H,3,16H2,1-2H3/b26-14-,33-29?. The van der Waals surface area contributed by atoms with Crippen molar-refractivity contribution in [2.75, 3.05) is 13.7 Å². The Kier molecular flexibility index (Phi) is 7.90. The van der Waals surface area contributed by atoms with E-state index in [9.17, 15) is 14.3 Å². The number of carbonyl (C=O) groups is 1. The highest BCUT2D eigenvalue weighted by Gasteiger charge is 2.33. The zero-order valence-corrected chi connectivity index (χ0v) is 23.6. The molecule has 0 atom stereocenters. The van der Waals surface area contributed by atoms with Crippen molar-refractivity contribution in [3.63, 3.8) is 0 Å². The average Bonchev–Trinajstić information content (AvgIpc) is 3.41. The molecule has 0 radical (unpaired) electrons. The van der Waals surface area contributed by atoms with Crippen LogP contribution in [0.15, 0.2) is 98.6 Å². The summed E-state index contributed by atoms with van der Waals surface area (Å²) in [6, 6.07) is 19.5. The molecular weight excluding hydrogens is 583 g/mol. The molecule has 0 fully saturated rings. The van der Waals surface area contributed by atoms with Crippen LogP contribution < -0.4 is 4.74 Å². The van der Waals surface area contributed by atoms with Crippen molar-refractivity contribution in [1.29, 1.82) is 0 Å². The van der Waals surface area contributed by atoms with Gasteiger partial charge in [0.25, 0.3) is 0 Å². The van der Waals surface area contributed by atoms with E-state index in [0.717, 1.165) is 26.5 Å². The van der Waals surface area contributed by atoms with Crippen molar-refractivity contribution in [3.05, 3.63) is 111 Å². The van der Waals surface area contributed by atoms with Crippen LogP contribution in [0.1, 0.15) is 18.1 Å². The van der Waals surface area contributed by atoms with E-state index in [-0.39, 0.29) is 23.8 Å². The van der Waals surface area contributed by atoms with Crippen molar-refractivity contribution >= 4 is 61.4 Å². The number of hydrogen-bond acceptors (Lipinski definition) is 6. The molecule has 0 spiro atoms. The van der Waals surface area contributed by atoms with Gasteiger partial charge in [0.2, 0.25) is 0 Å². The molecule has 9 heteroatoms. The Labute approximate surface area is 237 Å². The largest absolute Gasteiger partial charge is 0.506 e. The van der Waals surface area contributed by atoms with E-state index in [2.05, 4.69) is 25.5 Å². The maximum Gasteiger partial charge on any atom is 0.344 e. The summed E-state index contributed by atoms with van der Waals surface area (Å²) in [5.41, 5.74) is 3.40. The average molecular weight is 608 g/mol. The minimum Gasteiger partial charge on any atom is -0.506 e. The predicted molar refractivity (Wildman–Crippen MR) is 157 cm³/mol. The molecule has 0 bridgehead atoms. The van der Waals surface area contributed by atoms with Gasteiger partial charge in [0.15, 0.2) is 0 Å². The van der Waals surface area contributed by atoms with Crippen molar-refractivity contribution in [2.24, 2.45) is 4.99 Å². The smallest absolute Gasteiger partial charge is 0.344 e. The van der Waals surface area contributed by atoms with Crippen LogP contribution in [-0.2, 0) is 16.1 Å². The Morgan fingerprint density at radius 1 is 1.13 bits per heavy atom. The molecule has 0 saturated heterocycles. The first kappa shape index (κ1) is 26.8. The Hall–Kier alpha value is -3.82. The van der Waals surface area contributed by atoms with E-state index < -0.39 is 5.97 Å². The molecule has 39 heavy (non-hydrogen) atoms. The van der Waals surface area contributed by atoms with Gasteiger partial charge in [-0.25, -0.2) is 14.2 Å². The topological polar surface area (TPSA) is 73.0 Å². The number of benzene rings is 3. The maximum atomic E-state index is 13.4. The molecule has 0 saturated carbocycles.